The van der Waals surface area contributed by atoms with Crippen molar-refractivity contribution in [2.75, 3.05) is 0 Å². The molecule has 0 saturated heterocycles. The molecule has 0 saturated carbocycles. The SMILES string of the molecule is Cc1cc(-c2n[nH]c3ccc(-c4ccn(Cc5ccc(C#N)cc5)c(=O)c4)cc23)ccn1. The molecule has 0 unspecified atom stereocenters. The number of H-pyrrole nitrogens is 1. The average Bonchev–Trinajstić information content (AvgIpc) is 3.24. The van der Waals surface area contributed by atoms with Gasteiger partial charge in [0, 0.05) is 35.1 Å². The zero-order valence-electron chi connectivity index (χ0n) is 17.4. The number of hydrogen-bond acceptors (Lipinski definition) is 4. The van der Waals surface area contributed by atoms with Crippen LogP contribution in [0.25, 0.3) is 33.3 Å². The Labute approximate surface area is 184 Å². The molecule has 5 aromatic rings. The van der Waals surface area contributed by atoms with E-state index in [4.69, 9.17) is 5.26 Å². The minimum Gasteiger partial charge on any atom is -0.311 e. The fraction of sp³-hybridized carbons (Fsp3) is 0.0769. The maximum absolute atomic E-state index is 12.8. The van der Waals surface area contributed by atoms with E-state index in [0.717, 1.165) is 44.5 Å². The molecule has 5 rings (SSSR count). The first-order valence-corrected chi connectivity index (χ1v) is 10.2. The van der Waals surface area contributed by atoms with Crippen molar-refractivity contribution in [1.82, 2.24) is 19.7 Å². The van der Waals surface area contributed by atoms with Crippen LogP contribution < -0.4 is 5.56 Å². The number of nitrogens with one attached hydrogen (secondary N) is 1. The lowest BCUT2D eigenvalue weighted by Crippen LogP contribution is -2.19. The zero-order valence-corrected chi connectivity index (χ0v) is 17.4. The maximum Gasteiger partial charge on any atom is 0.251 e. The number of nitrogens with zero attached hydrogens (tertiary/aromatic N) is 4. The van der Waals surface area contributed by atoms with Gasteiger partial charge in [0.15, 0.2) is 0 Å². The van der Waals surface area contributed by atoms with Gasteiger partial charge in [-0.1, -0.05) is 18.2 Å². The molecule has 0 fully saturated rings. The monoisotopic (exact) mass is 417 g/mol. The summed E-state index contributed by atoms with van der Waals surface area (Å²) in [6, 6.07) is 22.9. The van der Waals surface area contributed by atoms with Gasteiger partial charge in [-0.3, -0.25) is 14.9 Å². The van der Waals surface area contributed by atoms with Crippen LogP contribution in [0.5, 0.6) is 0 Å². The average molecular weight is 417 g/mol. The van der Waals surface area contributed by atoms with Gasteiger partial charge >= 0.3 is 0 Å². The van der Waals surface area contributed by atoms with E-state index in [9.17, 15) is 4.79 Å². The Morgan fingerprint density at radius 1 is 0.969 bits per heavy atom. The van der Waals surface area contributed by atoms with Crippen LogP contribution in [0.2, 0.25) is 0 Å². The zero-order chi connectivity index (χ0) is 22.1. The number of benzene rings is 2. The molecular formula is C26H19N5O. The molecule has 32 heavy (non-hydrogen) atoms. The molecule has 154 valence electrons. The molecule has 6 heteroatoms. The van der Waals surface area contributed by atoms with Gasteiger partial charge in [0.1, 0.15) is 5.69 Å². The van der Waals surface area contributed by atoms with E-state index in [2.05, 4.69) is 27.3 Å². The van der Waals surface area contributed by atoms with Gasteiger partial charge in [0.05, 0.1) is 23.7 Å². The Kier molecular flexibility index (Phi) is 4.85. The van der Waals surface area contributed by atoms with Gasteiger partial charge in [0.25, 0.3) is 5.56 Å². The van der Waals surface area contributed by atoms with E-state index < -0.39 is 0 Å². The summed E-state index contributed by atoms with van der Waals surface area (Å²) in [5, 5.41) is 17.5. The summed E-state index contributed by atoms with van der Waals surface area (Å²) < 4.78 is 1.66. The highest BCUT2D eigenvalue weighted by atomic mass is 16.1. The largest absolute Gasteiger partial charge is 0.311 e. The van der Waals surface area contributed by atoms with Gasteiger partial charge in [-0.05, 0) is 66.1 Å². The first kappa shape index (κ1) is 19.5. The number of fused-ring (bicyclic) bond motifs is 1. The smallest absolute Gasteiger partial charge is 0.251 e. The first-order chi connectivity index (χ1) is 15.6. The second kappa shape index (κ2) is 7.97. The van der Waals surface area contributed by atoms with E-state index in [1.165, 1.54) is 0 Å². The van der Waals surface area contributed by atoms with E-state index >= 15 is 0 Å². The molecule has 1 N–H and O–H groups in total. The van der Waals surface area contributed by atoms with Crippen molar-refractivity contribution < 1.29 is 0 Å². The number of nitriles is 1. The molecule has 3 aromatic heterocycles. The Bertz CT molecular complexity index is 1540. The number of hydrogen-bond donors (Lipinski definition) is 1. The van der Waals surface area contributed by atoms with Crippen molar-refractivity contribution in [3.05, 3.63) is 106 Å². The molecule has 0 atom stereocenters. The highest BCUT2D eigenvalue weighted by molar-refractivity contribution is 5.95. The quantitative estimate of drug-likeness (QED) is 0.460. The Morgan fingerprint density at radius 3 is 2.53 bits per heavy atom. The van der Waals surface area contributed by atoms with Crippen molar-refractivity contribution >= 4 is 10.9 Å². The summed E-state index contributed by atoms with van der Waals surface area (Å²) in [5.41, 5.74) is 7.03. The lowest BCUT2D eigenvalue weighted by Gasteiger charge is -2.08. The Morgan fingerprint density at radius 2 is 1.78 bits per heavy atom. The van der Waals surface area contributed by atoms with Crippen LogP contribution in [-0.2, 0) is 6.54 Å². The van der Waals surface area contributed by atoms with Crippen LogP contribution in [0.3, 0.4) is 0 Å². The van der Waals surface area contributed by atoms with Crippen LogP contribution in [0.4, 0.5) is 0 Å². The lowest BCUT2D eigenvalue weighted by atomic mass is 10.0. The van der Waals surface area contributed by atoms with Crippen LogP contribution in [-0.4, -0.2) is 19.7 Å². The summed E-state index contributed by atoms with van der Waals surface area (Å²) in [5.74, 6) is 0. The maximum atomic E-state index is 12.8. The third-order valence-corrected chi connectivity index (χ3v) is 5.50. The number of aryl methyl sites for hydroxylation is 1. The number of pyridine rings is 2. The third kappa shape index (κ3) is 3.68. The number of aromatic amines is 1. The molecule has 0 aliphatic heterocycles. The molecule has 0 aliphatic rings. The summed E-state index contributed by atoms with van der Waals surface area (Å²) in [4.78, 5) is 17.0. The predicted molar refractivity (Wildman–Crippen MR) is 124 cm³/mol. The predicted octanol–water partition coefficient (Wildman–Crippen LogP) is 4.68. The van der Waals surface area contributed by atoms with E-state index in [1.807, 2.05) is 55.6 Å². The van der Waals surface area contributed by atoms with Gasteiger partial charge in [-0.2, -0.15) is 10.4 Å². The van der Waals surface area contributed by atoms with Crippen molar-refractivity contribution in [2.45, 2.75) is 13.5 Å². The molecule has 0 spiro atoms. The highest BCUT2D eigenvalue weighted by Gasteiger charge is 2.11. The Balaban J connectivity index is 1.48. The second-order valence-electron chi connectivity index (χ2n) is 7.71. The summed E-state index contributed by atoms with van der Waals surface area (Å²) in [7, 11) is 0. The highest BCUT2D eigenvalue weighted by Crippen LogP contribution is 2.30. The topological polar surface area (TPSA) is 87.4 Å². The van der Waals surface area contributed by atoms with Crippen molar-refractivity contribution in [3.8, 4) is 28.5 Å². The molecule has 0 aliphatic carbocycles. The molecule has 2 aromatic carbocycles. The molecule has 0 bridgehead atoms. The van der Waals surface area contributed by atoms with Gasteiger partial charge < -0.3 is 4.57 Å². The number of aromatic nitrogens is 4. The lowest BCUT2D eigenvalue weighted by molar-refractivity contribution is 0.760. The molecule has 0 amide bonds. The minimum atomic E-state index is -0.0795. The van der Waals surface area contributed by atoms with Gasteiger partial charge in [-0.25, -0.2) is 0 Å². The fourth-order valence-corrected chi connectivity index (χ4v) is 3.81. The molecule has 6 nitrogen and oxygen atoms in total. The van der Waals surface area contributed by atoms with Crippen LogP contribution in [0, 0.1) is 18.3 Å². The second-order valence-corrected chi connectivity index (χ2v) is 7.71. The normalized spacial score (nSPS) is 10.9. The van der Waals surface area contributed by atoms with E-state index in [0.29, 0.717) is 12.1 Å². The van der Waals surface area contributed by atoms with Crippen molar-refractivity contribution in [2.24, 2.45) is 0 Å². The molecule has 3 heterocycles. The third-order valence-electron chi connectivity index (χ3n) is 5.50. The molecular weight excluding hydrogens is 398 g/mol. The first-order valence-electron chi connectivity index (χ1n) is 10.2. The minimum absolute atomic E-state index is 0.0795. The van der Waals surface area contributed by atoms with Crippen molar-refractivity contribution in [3.63, 3.8) is 0 Å². The van der Waals surface area contributed by atoms with Crippen molar-refractivity contribution in [1.29, 1.82) is 5.26 Å². The Hall–Kier alpha value is -4.50. The standard InChI is InChI=1S/C26H19N5O/c1-17-12-22(8-10-28-17)26-23-13-20(6-7-24(23)29-30-26)21-9-11-31(25(32)14-21)16-19-4-2-18(15-27)3-5-19/h2-14H,16H2,1H3,(H,29,30). The van der Waals surface area contributed by atoms with E-state index in [-0.39, 0.29) is 5.56 Å². The summed E-state index contributed by atoms with van der Waals surface area (Å²) in [6.45, 7) is 2.41. The summed E-state index contributed by atoms with van der Waals surface area (Å²) >= 11 is 0. The van der Waals surface area contributed by atoms with E-state index in [1.54, 1.807) is 29.0 Å². The van der Waals surface area contributed by atoms with Crippen LogP contribution in [0.1, 0.15) is 16.8 Å². The van der Waals surface area contributed by atoms with Crippen LogP contribution >= 0.6 is 0 Å². The van der Waals surface area contributed by atoms with Gasteiger partial charge in [0.2, 0.25) is 0 Å². The molecule has 0 radical (unpaired) electrons. The van der Waals surface area contributed by atoms with Gasteiger partial charge in [-0.15, -0.1) is 0 Å². The number of rotatable bonds is 4. The fourth-order valence-electron chi connectivity index (χ4n) is 3.81. The van der Waals surface area contributed by atoms with Crippen LogP contribution in [0.15, 0.2) is 83.9 Å². The summed E-state index contributed by atoms with van der Waals surface area (Å²) in [6.07, 6.45) is 3.59.